The van der Waals surface area contributed by atoms with Crippen molar-refractivity contribution in [1.82, 2.24) is 20.3 Å². The molecular formula is C12H22N4S. The topological polar surface area (TPSA) is 42.7 Å². The third-order valence-corrected chi connectivity index (χ3v) is 4.67. The Morgan fingerprint density at radius 3 is 3.12 bits per heavy atom. The molecule has 17 heavy (non-hydrogen) atoms. The molecule has 96 valence electrons. The first-order valence-corrected chi connectivity index (χ1v) is 7.54. The molecule has 0 radical (unpaired) electrons. The summed E-state index contributed by atoms with van der Waals surface area (Å²) in [6.07, 6.45) is 6.92. The summed E-state index contributed by atoms with van der Waals surface area (Å²) >= 11 is 2.11. The van der Waals surface area contributed by atoms with Crippen molar-refractivity contribution in [3.8, 4) is 0 Å². The van der Waals surface area contributed by atoms with Gasteiger partial charge >= 0.3 is 0 Å². The molecule has 4 nitrogen and oxygen atoms in total. The third-order valence-electron chi connectivity index (χ3n) is 3.15. The van der Waals surface area contributed by atoms with E-state index >= 15 is 0 Å². The van der Waals surface area contributed by atoms with Crippen molar-refractivity contribution in [2.75, 3.05) is 12.3 Å². The van der Waals surface area contributed by atoms with Gasteiger partial charge in [-0.1, -0.05) is 12.1 Å². The highest BCUT2D eigenvalue weighted by molar-refractivity contribution is 8.00. The Labute approximate surface area is 108 Å². The molecule has 0 spiro atoms. The van der Waals surface area contributed by atoms with Crippen LogP contribution in [0, 0.1) is 0 Å². The number of rotatable bonds is 6. The van der Waals surface area contributed by atoms with E-state index in [-0.39, 0.29) is 0 Å². The summed E-state index contributed by atoms with van der Waals surface area (Å²) in [6, 6.07) is 0.555. The molecule has 1 saturated heterocycles. The Balaban J connectivity index is 1.94. The lowest BCUT2D eigenvalue weighted by atomic mass is 10.0. The lowest BCUT2D eigenvalue weighted by Gasteiger charge is -2.23. The molecule has 1 fully saturated rings. The number of hydrogen-bond donors (Lipinski definition) is 1. The van der Waals surface area contributed by atoms with Gasteiger partial charge in [-0.15, -0.1) is 5.10 Å². The molecule has 1 aliphatic heterocycles. The van der Waals surface area contributed by atoms with Crippen molar-refractivity contribution in [2.45, 2.75) is 43.9 Å². The Hall–Kier alpha value is -0.550. The van der Waals surface area contributed by atoms with Gasteiger partial charge in [-0.2, -0.15) is 11.8 Å². The fourth-order valence-electron chi connectivity index (χ4n) is 2.30. The molecule has 2 unspecified atom stereocenters. The van der Waals surface area contributed by atoms with Crippen LogP contribution in [0.15, 0.2) is 6.20 Å². The van der Waals surface area contributed by atoms with E-state index in [4.69, 9.17) is 0 Å². The lowest BCUT2D eigenvalue weighted by Crippen LogP contribution is -2.39. The van der Waals surface area contributed by atoms with Gasteiger partial charge in [0.15, 0.2) is 0 Å². The quantitative estimate of drug-likeness (QED) is 0.838. The Bertz CT molecular complexity index is 333. The van der Waals surface area contributed by atoms with Crippen molar-refractivity contribution < 1.29 is 0 Å². The number of aryl methyl sites for hydroxylation is 1. The van der Waals surface area contributed by atoms with Crippen molar-refractivity contribution >= 4 is 11.8 Å². The maximum absolute atomic E-state index is 4.20. The summed E-state index contributed by atoms with van der Waals surface area (Å²) in [7, 11) is 1.93. The fraction of sp³-hybridized carbons (Fsp3) is 0.833. The van der Waals surface area contributed by atoms with E-state index in [9.17, 15) is 0 Å². The maximum Gasteiger partial charge on any atom is 0.0842 e. The van der Waals surface area contributed by atoms with Gasteiger partial charge in [-0.05, 0) is 31.6 Å². The molecule has 2 heterocycles. The van der Waals surface area contributed by atoms with Crippen LogP contribution in [-0.2, 0) is 13.5 Å². The summed E-state index contributed by atoms with van der Waals surface area (Å²) in [4.78, 5) is 0. The second kappa shape index (κ2) is 6.40. The number of aromatic nitrogens is 3. The third kappa shape index (κ3) is 3.71. The summed E-state index contributed by atoms with van der Waals surface area (Å²) in [6.45, 7) is 3.32. The molecule has 2 rings (SSSR count). The Morgan fingerprint density at radius 2 is 2.53 bits per heavy atom. The first-order chi connectivity index (χ1) is 8.29. The van der Waals surface area contributed by atoms with E-state index in [0.717, 1.165) is 23.9 Å². The van der Waals surface area contributed by atoms with Gasteiger partial charge in [0.1, 0.15) is 0 Å². The van der Waals surface area contributed by atoms with Gasteiger partial charge in [-0.3, -0.25) is 4.68 Å². The monoisotopic (exact) mass is 254 g/mol. The zero-order valence-corrected chi connectivity index (χ0v) is 11.5. The maximum atomic E-state index is 4.20. The molecular weight excluding hydrogens is 232 g/mol. The van der Waals surface area contributed by atoms with Crippen molar-refractivity contribution in [3.63, 3.8) is 0 Å². The molecule has 1 N–H and O–H groups in total. The molecule has 0 bridgehead atoms. The van der Waals surface area contributed by atoms with Crippen LogP contribution in [-0.4, -0.2) is 38.6 Å². The molecule has 0 saturated carbocycles. The summed E-state index contributed by atoms with van der Waals surface area (Å²) in [5, 5.41) is 12.6. The molecule has 2 atom stereocenters. The van der Waals surface area contributed by atoms with E-state index in [1.54, 1.807) is 4.68 Å². The number of nitrogens with zero attached hydrogens (tertiary/aromatic N) is 3. The number of nitrogens with one attached hydrogen (secondary N) is 1. The predicted octanol–water partition coefficient (Wildman–Crippen LogP) is 1.62. The number of thioether (sulfide) groups is 1. The van der Waals surface area contributed by atoms with Crippen LogP contribution in [0.5, 0.6) is 0 Å². The first kappa shape index (κ1) is 12.9. The average Bonchev–Trinajstić information content (AvgIpc) is 2.95. The van der Waals surface area contributed by atoms with E-state index < -0.39 is 0 Å². The first-order valence-electron chi connectivity index (χ1n) is 6.49. The second-order valence-corrected chi connectivity index (χ2v) is 6.05. The van der Waals surface area contributed by atoms with Crippen LogP contribution < -0.4 is 5.32 Å². The van der Waals surface area contributed by atoms with Gasteiger partial charge in [0.25, 0.3) is 0 Å². The van der Waals surface area contributed by atoms with Gasteiger partial charge in [0.2, 0.25) is 0 Å². The van der Waals surface area contributed by atoms with Crippen LogP contribution in [0.4, 0.5) is 0 Å². The zero-order chi connectivity index (χ0) is 12.1. The molecule has 0 aromatic carbocycles. The SMILES string of the molecule is CCCNC(Cc1cn(C)nn1)C1CCCS1. The molecule has 1 aliphatic rings. The molecule has 0 aliphatic carbocycles. The van der Waals surface area contributed by atoms with Crippen molar-refractivity contribution in [3.05, 3.63) is 11.9 Å². The van der Waals surface area contributed by atoms with Crippen LogP contribution >= 0.6 is 11.8 Å². The van der Waals surface area contributed by atoms with Crippen LogP contribution in [0.25, 0.3) is 0 Å². The van der Waals surface area contributed by atoms with E-state index in [1.807, 2.05) is 13.2 Å². The van der Waals surface area contributed by atoms with E-state index in [1.165, 1.54) is 25.0 Å². The standard InChI is InChI=1S/C12H22N4S/c1-3-6-13-11(12-5-4-7-17-12)8-10-9-16(2)15-14-10/h9,11-13H,3-8H2,1-2H3. The smallest absolute Gasteiger partial charge is 0.0842 e. The highest BCUT2D eigenvalue weighted by atomic mass is 32.2. The fourth-order valence-corrected chi connectivity index (χ4v) is 3.69. The minimum absolute atomic E-state index is 0.555. The summed E-state index contributed by atoms with van der Waals surface area (Å²) in [5.41, 5.74) is 1.11. The van der Waals surface area contributed by atoms with E-state index in [0.29, 0.717) is 6.04 Å². The van der Waals surface area contributed by atoms with Crippen LogP contribution in [0.3, 0.4) is 0 Å². The largest absolute Gasteiger partial charge is 0.312 e. The zero-order valence-electron chi connectivity index (χ0n) is 10.7. The van der Waals surface area contributed by atoms with Gasteiger partial charge in [0.05, 0.1) is 5.69 Å². The Kier molecular flexibility index (Phi) is 4.86. The minimum Gasteiger partial charge on any atom is -0.312 e. The van der Waals surface area contributed by atoms with Crippen LogP contribution in [0.1, 0.15) is 31.9 Å². The minimum atomic E-state index is 0.555. The Morgan fingerprint density at radius 1 is 1.65 bits per heavy atom. The number of hydrogen-bond acceptors (Lipinski definition) is 4. The van der Waals surface area contributed by atoms with E-state index in [2.05, 4.69) is 34.3 Å². The average molecular weight is 254 g/mol. The van der Waals surface area contributed by atoms with Crippen molar-refractivity contribution in [2.24, 2.45) is 7.05 Å². The molecule has 0 amide bonds. The van der Waals surface area contributed by atoms with Gasteiger partial charge in [0, 0.05) is 31.0 Å². The normalized spacial score (nSPS) is 21.9. The highest BCUT2D eigenvalue weighted by Gasteiger charge is 2.25. The van der Waals surface area contributed by atoms with Crippen LogP contribution in [0.2, 0.25) is 0 Å². The summed E-state index contributed by atoms with van der Waals surface area (Å²) in [5.74, 6) is 1.31. The molecule has 1 aromatic rings. The molecule has 1 aromatic heterocycles. The van der Waals surface area contributed by atoms with Gasteiger partial charge < -0.3 is 5.32 Å². The highest BCUT2D eigenvalue weighted by Crippen LogP contribution is 2.29. The van der Waals surface area contributed by atoms with Crippen molar-refractivity contribution in [1.29, 1.82) is 0 Å². The molecule has 5 heteroatoms. The predicted molar refractivity (Wildman–Crippen MR) is 72.3 cm³/mol. The summed E-state index contributed by atoms with van der Waals surface area (Å²) < 4.78 is 1.79. The second-order valence-electron chi connectivity index (χ2n) is 4.70. The van der Waals surface area contributed by atoms with Gasteiger partial charge in [-0.25, -0.2) is 0 Å². The lowest BCUT2D eigenvalue weighted by molar-refractivity contribution is 0.478.